The van der Waals surface area contributed by atoms with Crippen molar-refractivity contribution in [1.29, 1.82) is 0 Å². The van der Waals surface area contributed by atoms with E-state index in [4.69, 9.17) is 0 Å². The van der Waals surface area contributed by atoms with Crippen molar-refractivity contribution in [2.45, 2.75) is 44.5 Å². The van der Waals surface area contributed by atoms with Crippen molar-refractivity contribution in [2.75, 3.05) is 0 Å². The lowest BCUT2D eigenvalue weighted by Gasteiger charge is -2.38. The molecule has 8 nitrogen and oxygen atoms in total. The van der Waals surface area contributed by atoms with Crippen LogP contribution in [-0.2, 0) is 18.3 Å². The van der Waals surface area contributed by atoms with Gasteiger partial charge in [-0.3, -0.25) is 0 Å². The molecule has 0 saturated carbocycles. The summed E-state index contributed by atoms with van der Waals surface area (Å²) in [6, 6.07) is 4.99. The van der Waals surface area contributed by atoms with Crippen LogP contribution in [0.4, 0.5) is 26.3 Å². The molecule has 0 atom stereocenters. The van der Waals surface area contributed by atoms with Crippen LogP contribution in [0.5, 0.6) is 0 Å². The van der Waals surface area contributed by atoms with Gasteiger partial charge in [-0.05, 0) is 84.3 Å². The van der Waals surface area contributed by atoms with Crippen molar-refractivity contribution in [3.63, 3.8) is 0 Å². The Morgan fingerprint density at radius 3 is 1.40 bits per heavy atom. The molecule has 0 bridgehead atoms. The highest BCUT2D eigenvalue weighted by Gasteiger charge is 2.72. The normalized spacial score (nSPS) is 12.2. The number of alkyl halides is 6. The van der Waals surface area contributed by atoms with Gasteiger partial charge in [-0.2, -0.15) is 26.3 Å². The highest BCUT2D eigenvalue weighted by molar-refractivity contribution is 5.95. The molecule has 0 aromatic heterocycles. The van der Waals surface area contributed by atoms with Crippen LogP contribution in [0, 0.1) is 13.8 Å². The van der Waals surface area contributed by atoms with Crippen molar-refractivity contribution in [2.24, 2.45) is 0 Å². The number of carbonyl (C=O) groups is 4. The van der Waals surface area contributed by atoms with Crippen molar-refractivity contribution >= 4 is 23.9 Å². The molecule has 43 heavy (non-hydrogen) atoms. The highest BCUT2D eigenvalue weighted by atomic mass is 19.4. The summed E-state index contributed by atoms with van der Waals surface area (Å²) < 4.78 is 87.7. The minimum absolute atomic E-state index is 0.0586. The van der Waals surface area contributed by atoms with Gasteiger partial charge >= 0.3 is 36.2 Å². The van der Waals surface area contributed by atoms with Crippen LogP contribution in [0.2, 0.25) is 0 Å². The van der Waals surface area contributed by atoms with Crippen molar-refractivity contribution in [3.8, 4) is 0 Å². The topological polar surface area (TPSA) is 149 Å². The molecule has 0 aliphatic heterocycles. The van der Waals surface area contributed by atoms with Crippen molar-refractivity contribution in [1.82, 2.24) is 0 Å². The molecule has 0 aliphatic rings. The molecule has 0 saturated heterocycles. The molecule has 0 spiro atoms. The molecule has 0 aliphatic carbocycles. The molecule has 0 heterocycles. The number of carboxylic acid groups (broad SMARTS) is 4. The van der Waals surface area contributed by atoms with Gasteiger partial charge in [0.25, 0.3) is 0 Å². The maximum atomic E-state index is 14.6. The van der Waals surface area contributed by atoms with Gasteiger partial charge in [0.1, 0.15) is 0 Å². The summed E-state index contributed by atoms with van der Waals surface area (Å²) in [4.78, 5) is 46.9. The molecule has 0 fully saturated rings. The summed E-state index contributed by atoms with van der Waals surface area (Å²) in [6.07, 6.45) is -13.0. The number of halogens is 6. The van der Waals surface area contributed by atoms with Gasteiger partial charge in [-0.15, -0.1) is 0 Å². The maximum Gasteiger partial charge on any atom is 0.411 e. The van der Waals surface area contributed by atoms with Gasteiger partial charge in [-0.25, -0.2) is 19.2 Å². The fourth-order valence-corrected chi connectivity index (χ4v) is 4.95. The summed E-state index contributed by atoms with van der Waals surface area (Å²) in [5.74, 6) is -6.49. The van der Waals surface area contributed by atoms with Gasteiger partial charge in [0.15, 0.2) is 0 Å². The van der Waals surface area contributed by atoms with E-state index in [9.17, 15) is 65.9 Å². The quantitative estimate of drug-likeness (QED) is 0.206. The Morgan fingerprint density at radius 2 is 0.930 bits per heavy atom. The third kappa shape index (κ3) is 5.90. The molecule has 3 aromatic rings. The molecule has 0 unspecified atom stereocenters. The second-order valence-electron chi connectivity index (χ2n) is 9.69. The van der Waals surface area contributed by atoms with Gasteiger partial charge in [0, 0.05) is 0 Å². The first-order valence-electron chi connectivity index (χ1n) is 12.2. The van der Waals surface area contributed by atoms with E-state index in [1.54, 1.807) is 0 Å². The van der Waals surface area contributed by atoms with E-state index >= 15 is 0 Å². The van der Waals surface area contributed by atoms with Crippen LogP contribution >= 0.6 is 0 Å². The first kappa shape index (κ1) is 32.6. The van der Waals surface area contributed by atoms with E-state index in [-0.39, 0.29) is 51.9 Å². The summed E-state index contributed by atoms with van der Waals surface area (Å²) in [5, 5.41) is 38.0. The average Bonchev–Trinajstić information content (AvgIpc) is 2.87. The summed E-state index contributed by atoms with van der Waals surface area (Å²) in [7, 11) is 0. The first-order chi connectivity index (χ1) is 19.7. The lowest BCUT2D eigenvalue weighted by atomic mass is 9.71. The number of hydrogen-bond donors (Lipinski definition) is 4. The van der Waals surface area contributed by atoms with E-state index in [0.717, 1.165) is 24.3 Å². The molecular weight excluding hydrogens is 590 g/mol. The Bertz CT molecular complexity index is 1630. The number of rotatable bonds is 9. The largest absolute Gasteiger partial charge is 0.478 e. The second kappa shape index (κ2) is 11.4. The van der Waals surface area contributed by atoms with E-state index in [2.05, 4.69) is 0 Å². The predicted octanol–water partition coefficient (Wildman–Crippen LogP) is 6.29. The van der Waals surface area contributed by atoms with E-state index in [1.165, 1.54) is 13.8 Å². The third-order valence-corrected chi connectivity index (χ3v) is 7.10. The third-order valence-electron chi connectivity index (χ3n) is 7.10. The van der Waals surface area contributed by atoms with Crippen molar-refractivity contribution in [3.05, 3.63) is 104 Å². The number of hydrogen-bond acceptors (Lipinski definition) is 4. The second-order valence-corrected chi connectivity index (χ2v) is 9.69. The van der Waals surface area contributed by atoms with Crippen LogP contribution in [0.25, 0.3) is 0 Å². The predicted molar refractivity (Wildman–Crippen MR) is 137 cm³/mol. The zero-order chi connectivity index (χ0) is 32.7. The highest BCUT2D eigenvalue weighted by Crippen LogP contribution is 2.56. The lowest BCUT2D eigenvalue weighted by Crippen LogP contribution is -2.55. The van der Waals surface area contributed by atoms with E-state index in [1.807, 2.05) is 0 Å². The zero-order valence-corrected chi connectivity index (χ0v) is 22.2. The van der Waals surface area contributed by atoms with Crippen LogP contribution in [0.1, 0.15) is 74.8 Å². The maximum absolute atomic E-state index is 14.6. The van der Waals surface area contributed by atoms with Crippen LogP contribution < -0.4 is 0 Å². The monoisotopic (exact) mass is 612 g/mol. The van der Waals surface area contributed by atoms with Gasteiger partial charge in [0.05, 0.1) is 22.3 Å². The molecular formula is C29H22F6O8. The van der Waals surface area contributed by atoms with Gasteiger partial charge in [0.2, 0.25) is 5.41 Å². The molecule has 0 amide bonds. The average molecular weight is 612 g/mol. The minimum atomic E-state index is -6.13. The molecule has 3 rings (SSSR count). The SMILES string of the molecule is Cc1ccc(C(c2ccc(CCc3cc(C(=O)O)c(C)cc3C(=O)O)c(C(=O)O)c2)(C(F)(F)F)C(F)(F)F)cc1C(=O)O. The Morgan fingerprint density at radius 1 is 0.535 bits per heavy atom. The number of aryl methyl sites for hydroxylation is 4. The smallest absolute Gasteiger partial charge is 0.411 e. The van der Waals surface area contributed by atoms with Gasteiger partial charge in [-0.1, -0.05) is 24.3 Å². The summed E-state index contributed by atoms with van der Waals surface area (Å²) in [6.45, 7) is 2.53. The van der Waals surface area contributed by atoms with E-state index < -0.39 is 70.3 Å². The molecule has 4 N–H and O–H groups in total. The van der Waals surface area contributed by atoms with Crippen molar-refractivity contribution < 1.29 is 65.9 Å². The summed E-state index contributed by atoms with van der Waals surface area (Å²) >= 11 is 0. The Kier molecular flexibility index (Phi) is 8.67. The molecule has 228 valence electrons. The van der Waals surface area contributed by atoms with E-state index in [0.29, 0.717) is 12.1 Å². The lowest BCUT2D eigenvalue weighted by molar-refractivity contribution is -0.288. The molecule has 14 heteroatoms. The van der Waals surface area contributed by atoms with Crippen LogP contribution in [-0.4, -0.2) is 56.7 Å². The number of benzene rings is 3. The Labute approximate surface area is 238 Å². The van der Waals surface area contributed by atoms with Crippen LogP contribution in [0.3, 0.4) is 0 Å². The fourth-order valence-electron chi connectivity index (χ4n) is 4.95. The molecule has 0 radical (unpaired) electrons. The minimum Gasteiger partial charge on any atom is -0.478 e. The summed E-state index contributed by atoms with van der Waals surface area (Å²) in [5.41, 5.74) is -10.5. The standard InChI is InChI=1S/C29H22F6O8/c1-13-3-7-17(11-20(13)24(38)39)27(28(30,31)32,29(33,34)35)18-8-6-15(22(12-18)26(42)43)4-5-16-10-19(23(36)37)14(2)9-21(16)25(40)41/h3,6-12H,4-5H2,1-2H3,(H,36,37)(H,38,39)(H,40,41)(H,42,43). The zero-order valence-electron chi connectivity index (χ0n) is 22.2. The molecule has 3 aromatic carbocycles. The first-order valence-corrected chi connectivity index (χ1v) is 12.2. The Balaban J connectivity index is 2.25. The fraction of sp³-hybridized carbons (Fsp3) is 0.241. The van der Waals surface area contributed by atoms with Gasteiger partial charge < -0.3 is 20.4 Å². The van der Waals surface area contributed by atoms with Crippen LogP contribution in [0.15, 0.2) is 48.5 Å². The number of carboxylic acids is 4. The number of aromatic carboxylic acids is 4. The Hall–Kier alpha value is -4.88.